The summed E-state index contributed by atoms with van der Waals surface area (Å²) in [7, 11) is 0. The van der Waals surface area contributed by atoms with Gasteiger partial charge in [0.05, 0.1) is 5.56 Å². The number of imidazole rings is 1. The van der Waals surface area contributed by atoms with Crippen LogP contribution in [-0.2, 0) is 13.1 Å². The summed E-state index contributed by atoms with van der Waals surface area (Å²) < 4.78 is 1.97. The zero-order valence-electron chi connectivity index (χ0n) is 19.6. The van der Waals surface area contributed by atoms with Crippen LogP contribution >= 0.6 is 0 Å². The van der Waals surface area contributed by atoms with E-state index in [4.69, 9.17) is 10.7 Å². The molecular weight excluding hydrogens is 410 g/mol. The summed E-state index contributed by atoms with van der Waals surface area (Å²) >= 11 is 0. The van der Waals surface area contributed by atoms with Gasteiger partial charge >= 0.3 is 0 Å². The standard InChI is InChI=1S/C27H31N5O/c1-18-8-5-11-21(14-18)23-25(31-27(2,3)4)32-13-7-12-22(24(32)30-23)26(33)29-17-20-10-6-9-19(15-20)16-28/h5-15,31H,16-17,28H2,1-4H3,(H,29,33). The fraction of sp³-hybridized carbons (Fsp3) is 0.259. The van der Waals surface area contributed by atoms with E-state index in [0.29, 0.717) is 24.3 Å². The number of carbonyl (C=O) groups is 1. The normalized spacial score (nSPS) is 11.5. The molecule has 0 fully saturated rings. The minimum absolute atomic E-state index is 0.165. The Bertz CT molecular complexity index is 1300. The van der Waals surface area contributed by atoms with Crippen molar-refractivity contribution in [1.82, 2.24) is 14.7 Å². The molecule has 0 atom stereocenters. The van der Waals surface area contributed by atoms with E-state index >= 15 is 0 Å². The second-order valence-electron chi connectivity index (χ2n) is 9.38. The summed E-state index contributed by atoms with van der Waals surface area (Å²) in [4.78, 5) is 18.1. The first-order chi connectivity index (χ1) is 15.7. The van der Waals surface area contributed by atoms with Gasteiger partial charge in [-0.3, -0.25) is 9.20 Å². The lowest BCUT2D eigenvalue weighted by atomic mass is 10.1. The zero-order valence-corrected chi connectivity index (χ0v) is 19.6. The van der Waals surface area contributed by atoms with Crippen molar-refractivity contribution in [1.29, 1.82) is 0 Å². The Morgan fingerprint density at radius 2 is 1.79 bits per heavy atom. The second kappa shape index (κ2) is 9.08. The highest BCUT2D eigenvalue weighted by Gasteiger charge is 2.22. The van der Waals surface area contributed by atoms with Crippen molar-refractivity contribution < 1.29 is 4.79 Å². The van der Waals surface area contributed by atoms with E-state index in [1.165, 1.54) is 0 Å². The third-order valence-electron chi connectivity index (χ3n) is 5.36. The SMILES string of the molecule is Cc1cccc(-c2nc3c(C(=O)NCc4cccc(CN)c4)cccn3c2NC(C)(C)C)c1. The molecule has 0 spiro atoms. The van der Waals surface area contributed by atoms with Crippen LogP contribution in [0.3, 0.4) is 0 Å². The highest BCUT2D eigenvalue weighted by molar-refractivity contribution is 6.00. The topological polar surface area (TPSA) is 84.5 Å². The number of anilines is 1. The second-order valence-corrected chi connectivity index (χ2v) is 9.38. The van der Waals surface area contributed by atoms with Gasteiger partial charge in [-0.15, -0.1) is 0 Å². The minimum atomic E-state index is -0.180. The van der Waals surface area contributed by atoms with Gasteiger partial charge in [0.1, 0.15) is 11.5 Å². The summed E-state index contributed by atoms with van der Waals surface area (Å²) in [6.07, 6.45) is 1.94. The van der Waals surface area contributed by atoms with Crippen molar-refractivity contribution in [2.45, 2.75) is 46.3 Å². The summed E-state index contributed by atoms with van der Waals surface area (Å²) in [5.74, 6) is 0.704. The molecule has 1 amide bonds. The number of nitrogens with one attached hydrogen (secondary N) is 2. The van der Waals surface area contributed by atoms with Gasteiger partial charge in [0, 0.05) is 30.4 Å². The summed E-state index contributed by atoms with van der Waals surface area (Å²) in [5, 5.41) is 6.62. The maximum absolute atomic E-state index is 13.2. The molecule has 6 heteroatoms. The average molecular weight is 442 g/mol. The number of hydrogen-bond donors (Lipinski definition) is 3. The van der Waals surface area contributed by atoms with E-state index < -0.39 is 0 Å². The molecule has 4 rings (SSSR count). The van der Waals surface area contributed by atoms with E-state index in [0.717, 1.165) is 33.8 Å². The van der Waals surface area contributed by atoms with E-state index in [1.54, 1.807) is 0 Å². The van der Waals surface area contributed by atoms with Crippen LogP contribution in [0.15, 0.2) is 66.9 Å². The molecule has 2 aromatic carbocycles. The van der Waals surface area contributed by atoms with Crippen LogP contribution in [0.25, 0.3) is 16.9 Å². The number of hydrogen-bond acceptors (Lipinski definition) is 4. The number of aryl methyl sites for hydroxylation is 1. The van der Waals surface area contributed by atoms with Crippen molar-refractivity contribution in [3.63, 3.8) is 0 Å². The van der Waals surface area contributed by atoms with Gasteiger partial charge in [-0.2, -0.15) is 0 Å². The predicted molar refractivity (Wildman–Crippen MR) is 134 cm³/mol. The first-order valence-corrected chi connectivity index (χ1v) is 11.2. The van der Waals surface area contributed by atoms with Gasteiger partial charge in [-0.1, -0.05) is 48.0 Å². The molecule has 0 bridgehead atoms. The maximum Gasteiger partial charge on any atom is 0.255 e. The number of nitrogens with two attached hydrogens (primary N) is 1. The number of nitrogens with zero attached hydrogens (tertiary/aromatic N) is 2. The van der Waals surface area contributed by atoms with Crippen molar-refractivity contribution >= 4 is 17.4 Å². The summed E-state index contributed by atoms with van der Waals surface area (Å²) in [6.45, 7) is 9.29. The molecule has 0 unspecified atom stereocenters. The Kier molecular flexibility index (Phi) is 6.20. The van der Waals surface area contributed by atoms with Gasteiger partial charge in [0.15, 0.2) is 5.65 Å². The third-order valence-corrected chi connectivity index (χ3v) is 5.36. The molecule has 2 heterocycles. The molecule has 170 valence electrons. The Morgan fingerprint density at radius 1 is 1.03 bits per heavy atom. The maximum atomic E-state index is 13.2. The molecule has 0 aliphatic rings. The molecule has 33 heavy (non-hydrogen) atoms. The van der Waals surface area contributed by atoms with Crippen molar-refractivity contribution in [3.8, 4) is 11.3 Å². The number of carbonyl (C=O) groups excluding carboxylic acids is 1. The monoisotopic (exact) mass is 441 g/mol. The van der Waals surface area contributed by atoms with E-state index in [-0.39, 0.29) is 11.4 Å². The predicted octanol–water partition coefficient (Wildman–Crippen LogP) is 4.91. The van der Waals surface area contributed by atoms with Gasteiger partial charge in [0.25, 0.3) is 5.91 Å². The number of fused-ring (bicyclic) bond motifs is 1. The molecule has 4 aromatic rings. The Labute approximate surface area is 194 Å². The quantitative estimate of drug-likeness (QED) is 0.397. The van der Waals surface area contributed by atoms with E-state index in [1.807, 2.05) is 59.1 Å². The third kappa shape index (κ3) is 5.07. The number of benzene rings is 2. The fourth-order valence-corrected chi connectivity index (χ4v) is 3.86. The highest BCUT2D eigenvalue weighted by Crippen LogP contribution is 2.32. The van der Waals surface area contributed by atoms with Crippen LogP contribution in [0.5, 0.6) is 0 Å². The minimum Gasteiger partial charge on any atom is -0.365 e. The first-order valence-electron chi connectivity index (χ1n) is 11.2. The number of rotatable bonds is 6. The molecular formula is C27H31N5O. The van der Waals surface area contributed by atoms with Gasteiger partial charge in [-0.25, -0.2) is 4.98 Å². The fourth-order valence-electron chi connectivity index (χ4n) is 3.86. The van der Waals surface area contributed by atoms with E-state index in [2.05, 4.69) is 50.5 Å². The lowest BCUT2D eigenvalue weighted by Crippen LogP contribution is -2.27. The number of pyridine rings is 1. The van der Waals surface area contributed by atoms with Gasteiger partial charge < -0.3 is 16.4 Å². The van der Waals surface area contributed by atoms with Crippen LogP contribution < -0.4 is 16.4 Å². The summed E-state index contributed by atoms with van der Waals surface area (Å²) in [5.41, 5.74) is 11.8. The zero-order chi connectivity index (χ0) is 23.6. The summed E-state index contributed by atoms with van der Waals surface area (Å²) in [6, 6.07) is 19.9. The molecule has 2 aromatic heterocycles. The molecule has 0 radical (unpaired) electrons. The smallest absolute Gasteiger partial charge is 0.255 e. The Morgan fingerprint density at radius 3 is 2.52 bits per heavy atom. The molecule has 0 aliphatic carbocycles. The average Bonchev–Trinajstić information content (AvgIpc) is 3.14. The van der Waals surface area contributed by atoms with Crippen LogP contribution in [0.4, 0.5) is 5.82 Å². The van der Waals surface area contributed by atoms with Crippen LogP contribution in [-0.4, -0.2) is 20.8 Å². The van der Waals surface area contributed by atoms with Crippen molar-refractivity contribution in [3.05, 3.63) is 89.1 Å². The lowest BCUT2D eigenvalue weighted by Gasteiger charge is -2.22. The Hall–Kier alpha value is -3.64. The molecule has 0 saturated heterocycles. The molecule has 4 N–H and O–H groups in total. The lowest BCUT2D eigenvalue weighted by molar-refractivity contribution is 0.0952. The van der Waals surface area contributed by atoms with Gasteiger partial charge in [-0.05, 0) is 57.0 Å². The van der Waals surface area contributed by atoms with Crippen molar-refractivity contribution in [2.24, 2.45) is 5.73 Å². The van der Waals surface area contributed by atoms with Crippen LogP contribution in [0.1, 0.15) is 47.8 Å². The Balaban J connectivity index is 1.73. The number of amides is 1. The van der Waals surface area contributed by atoms with Gasteiger partial charge in [0.2, 0.25) is 0 Å². The first kappa shape index (κ1) is 22.6. The van der Waals surface area contributed by atoms with Crippen LogP contribution in [0.2, 0.25) is 0 Å². The van der Waals surface area contributed by atoms with Crippen LogP contribution in [0, 0.1) is 6.92 Å². The molecule has 6 nitrogen and oxygen atoms in total. The van der Waals surface area contributed by atoms with E-state index in [9.17, 15) is 4.79 Å². The number of aromatic nitrogens is 2. The molecule has 0 saturated carbocycles. The van der Waals surface area contributed by atoms with Crippen molar-refractivity contribution in [2.75, 3.05) is 5.32 Å². The highest BCUT2D eigenvalue weighted by atomic mass is 16.1. The largest absolute Gasteiger partial charge is 0.365 e. The molecule has 0 aliphatic heterocycles.